The number of alkyl halides is 3. The van der Waals surface area contributed by atoms with Gasteiger partial charge in [-0.05, 0) is 11.1 Å². The van der Waals surface area contributed by atoms with E-state index in [1.54, 1.807) is 48.5 Å². The van der Waals surface area contributed by atoms with Crippen molar-refractivity contribution in [2.75, 3.05) is 6.35 Å². The number of halogens is 3. The lowest BCUT2D eigenvalue weighted by Gasteiger charge is -2.20. The molecule has 0 aliphatic heterocycles. The Morgan fingerprint density at radius 2 is 1.22 bits per heavy atom. The van der Waals surface area contributed by atoms with Crippen molar-refractivity contribution in [3.05, 3.63) is 71.8 Å². The molecule has 0 saturated carbocycles. The van der Waals surface area contributed by atoms with Gasteiger partial charge < -0.3 is 9.05 Å². The highest BCUT2D eigenvalue weighted by atomic mass is 35.6. The smallest absolute Gasteiger partial charge is 0.302 e. The predicted octanol–water partition coefficient (Wildman–Crippen LogP) is 5.24. The number of hydrogen-bond acceptors (Lipinski definition) is 6. The standard InChI is InChI=1S/C16H16Cl3O6PS/c17-16(18,19)27(21,22)25-13-26(20,23-11-14-7-3-1-4-8-14)24-12-15-9-5-2-6-10-15/h1-10H,11-13H2. The van der Waals surface area contributed by atoms with Crippen LogP contribution in [0.3, 0.4) is 0 Å². The third-order valence-electron chi connectivity index (χ3n) is 3.19. The van der Waals surface area contributed by atoms with Crippen LogP contribution in [-0.2, 0) is 41.1 Å². The van der Waals surface area contributed by atoms with Gasteiger partial charge >= 0.3 is 20.8 Å². The van der Waals surface area contributed by atoms with E-state index in [9.17, 15) is 13.0 Å². The molecule has 0 spiro atoms. The van der Waals surface area contributed by atoms with Crippen molar-refractivity contribution in [1.82, 2.24) is 0 Å². The summed E-state index contributed by atoms with van der Waals surface area (Å²) in [5.74, 6) is 0. The number of benzene rings is 2. The largest absolute Gasteiger partial charge is 0.358 e. The SMILES string of the molecule is O=P(COS(=O)(=O)C(Cl)(Cl)Cl)(OCc1ccccc1)OCc1ccccc1. The van der Waals surface area contributed by atoms with Crippen LogP contribution in [0.25, 0.3) is 0 Å². The Bertz CT molecular complexity index is 825. The topological polar surface area (TPSA) is 78.9 Å². The highest BCUT2D eigenvalue weighted by Gasteiger charge is 2.41. The molecule has 148 valence electrons. The van der Waals surface area contributed by atoms with Crippen molar-refractivity contribution in [2.24, 2.45) is 0 Å². The van der Waals surface area contributed by atoms with E-state index in [0.717, 1.165) is 0 Å². The molecule has 27 heavy (non-hydrogen) atoms. The molecular formula is C16H16Cl3O6PS. The van der Waals surface area contributed by atoms with E-state index >= 15 is 0 Å². The quantitative estimate of drug-likeness (QED) is 0.281. The molecule has 0 aromatic heterocycles. The summed E-state index contributed by atoms with van der Waals surface area (Å²) in [5.41, 5.74) is 1.43. The molecular weight excluding hydrogens is 458 g/mol. The zero-order valence-corrected chi connectivity index (χ0v) is 17.8. The lowest BCUT2D eigenvalue weighted by molar-refractivity contribution is 0.173. The van der Waals surface area contributed by atoms with Crippen LogP contribution in [-0.4, -0.2) is 17.9 Å². The first kappa shape index (κ1) is 22.7. The van der Waals surface area contributed by atoms with Gasteiger partial charge in [-0.2, -0.15) is 8.42 Å². The van der Waals surface area contributed by atoms with Crippen LogP contribution < -0.4 is 0 Å². The van der Waals surface area contributed by atoms with Gasteiger partial charge in [0, 0.05) is 0 Å². The van der Waals surface area contributed by atoms with Gasteiger partial charge in [0.1, 0.15) is 0 Å². The molecule has 0 bridgehead atoms. The maximum Gasteiger partial charge on any atom is 0.358 e. The maximum atomic E-state index is 13.0. The Morgan fingerprint density at radius 1 is 0.815 bits per heavy atom. The molecule has 0 atom stereocenters. The lowest BCUT2D eigenvalue weighted by atomic mass is 10.2. The van der Waals surface area contributed by atoms with E-state index in [0.29, 0.717) is 11.1 Å². The molecule has 0 saturated heterocycles. The molecule has 0 fully saturated rings. The summed E-state index contributed by atoms with van der Waals surface area (Å²) in [4.78, 5) is 0. The van der Waals surface area contributed by atoms with Crippen molar-refractivity contribution in [2.45, 2.75) is 16.3 Å². The molecule has 0 amide bonds. The molecule has 0 radical (unpaired) electrons. The van der Waals surface area contributed by atoms with Gasteiger partial charge in [0.15, 0.2) is 6.35 Å². The fourth-order valence-corrected chi connectivity index (χ4v) is 4.33. The zero-order valence-electron chi connectivity index (χ0n) is 13.8. The summed E-state index contributed by atoms with van der Waals surface area (Å²) < 4.78 is 49.2. The Balaban J connectivity index is 2.10. The maximum absolute atomic E-state index is 13.0. The van der Waals surface area contributed by atoms with Gasteiger partial charge in [0.2, 0.25) is 0 Å². The first-order chi connectivity index (χ1) is 12.6. The summed E-state index contributed by atoms with van der Waals surface area (Å²) >= 11 is 16.0. The van der Waals surface area contributed by atoms with Crippen molar-refractivity contribution in [3.63, 3.8) is 0 Å². The highest BCUT2D eigenvalue weighted by molar-refractivity contribution is 7.93. The van der Waals surface area contributed by atoms with Crippen LogP contribution in [0.5, 0.6) is 0 Å². The van der Waals surface area contributed by atoms with Gasteiger partial charge in [-0.15, -0.1) is 0 Å². The van der Waals surface area contributed by atoms with E-state index in [2.05, 4.69) is 4.18 Å². The number of rotatable bonds is 9. The second kappa shape index (κ2) is 9.72. The minimum atomic E-state index is -4.63. The van der Waals surface area contributed by atoms with Gasteiger partial charge in [-0.1, -0.05) is 95.5 Å². The molecule has 2 aromatic carbocycles. The summed E-state index contributed by atoms with van der Waals surface area (Å²) in [6.07, 6.45) is -0.928. The molecule has 11 heteroatoms. The predicted molar refractivity (Wildman–Crippen MR) is 105 cm³/mol. The summed E-state index contributed by atoms with van der Waals surface area (Å²) in [5, 5.41) is 0. The Kier molecular flexibility index (Phi) is 8.16. The lowest BCUT2D eigenvalue weighted by Crippen LogP contribution is -2.23. The fraction of sp³-hybridized carbons (Fsp3) is 0.250. The molecule has 0 N–H and O–H groups in total. The van der Waals surface area contributed by atoms with Crippen LogP contribution >= 0.6 is 42.4 Å². The van der Waals surface area contributed by atoms with Crippen LogP contribution in [0.2, 0.25) is 0 Å². The first-order valence-electron chi connectivity index (χ1n) is 7.53. The molecule has 0 aliphatic carbocycles. The molecule has 0 unspecified atom stereocenters. The normalized spacial score (nSPS) is 12.9. The van der Waals surface area contributed by atoms with E-state index in [4.69, 9.17) is 43.9 Å². The summed E-state index contributed by atoms with van der Waals surface area (Å²) in [6.45, 7) is -0.159. The Hall–Kier alpha value is -0.630. The van der Waals surface area contributed by atoms with Gasteiger partial charge in [-0.25, -0.2) is 0 Å². The van der Waals surface area contributed by atoms with Gasteiger partial charge in [0.25, 0.3) is 0 Å². The van der Waals surface area contributed by atoms with Crippen LogP contribution in [0.15, 0.2) is 60.7 Å². The summed E-state index contributed by atoms with van der Waals surface area (Å²) in [7, 11) is -8.63. The second-order valence-corrected chi connectivity index (χ2v) is 12.0. The molecule has 0 heterocycles. The highest BCUT2D eigenvalue weighted by Crippen LogP contribution is 2.51. The van der Waals surface area contributed by atoms with Crippen molar-refractivity contribution >= 4 is 52.5 Å². The average molecular weight is 474 g/mol. The first-order valence-corrected chi connectivity index (χ1v) is 11.8. The molecule has 2 aromatic rings. The third kappa shape index (κ3) is 7.37. The minimum absolute atomic E-state index is 0.0793. The van der Waals surface area contributed by atoms with E-state index in [1.807, 2.05) is 12.1 Å². The summed E-state index contributed by atoms with van der Waals surface area (Å²) in [6, 6.07) is 17.7. The Morgan fingerprint density at radius 3 is 1.59 bits per heavy atom. The zero-order chi connectivity index (χ0) is 20.0. The van der Waals surface area contributed by atoms with Crippen LogP contribution in [0.4, 0.5) is 0 Å². The van der Waals surface area contributed by atoms with E-state index < -0.39 is 27.2 Å². The van der Waals surface area contributed by atoms with Gasteiger partial charge in [0.05, 0.1) is 13.2 Å². The van der Waals surface area contributed by atoms with E-state index in [1.165, 1.54) is 0 Å². The van der Waals surface area contributed by atoms with Crippen molar-refractivity contribution in [1.29, 1.82) is 0 Å². The second-order valence-electron chi connectivity index (χ2n) is 5.28. The molecule has 2 rings (SSSR count). The fourth-order valence-electron chi connectivity index (χ4n) is 1.81. The van der Waals surface area contributed by atoms with Crippen molar-refractivity contribution < 1.29 is 26.2 Å². The molecule has 6 nitrogen and oxygen atoms in total. The molecule has 0 aliphatic rings. The van der Waals surface area contributed by atoms with Crippen molar-refractivity contribution in [3.8, 4) is 0 Å². The Labute approximate surface area is 172 Å². The average Bonchev–Trinajstić information content (AvgIpc) is 2.64. The minimum Gasteiger partial charge on any atom is -0.302 e. The van der Waals surface area contributed by atoms with Gasteiger partial charge in [-0.3, -0.25) is 8.75 Å². The monoisotopic (exact) mass is 472 g/mol. The number of hydrogen-bond donors (Lipinski definition) is 0. The van der Waals surface area contributed by atoms with E-state index in [-0.39, 0.29) is 13.2 Å². The van der Waals surface area contributed by atoms with Crippen LogP contribution in [0.1, 0.15) is 11.1 Å². The van der Waals surface area contributed by atoms with Crippen LogP contribution in [0, 0.1) is 0 Å². The third-order valence-corrected chi connectivity index (χ3v) is 7.55.